The maximum absolute atomic E-state index is 12.6. The van der Waals surface area contributed by atoms with E-state index in [9.17, 15) is 13.6 Å². The largest absolute Gasteiger partial charge is 0.489 e. The van der Waals surface area contributed by atoms with Crippen LogP contribution in [-0.2, 0) is 6.61 Å². The van der Waals surface area contributed by atoms with E-state index in [1.165, 1.54) is 6.07 Å². The number of carbonyl (C=O) groups is 1. The first-order valence-electron chi connectivity index (χ1n) is 9.76. The van der Waals surface area contributed by atoms with Gasteiger partial charge in [-0.15, -0.1) is 0 Å². The summed E-state index contributed by atoms with van der Waals surface area (Å²) in [5.41, 5.74) is 2.92. The first kappa shape index (κ1) is 21.1. The molecule has 1 heterocycles. The number of alkyl halides is 2. The zero-order valence-corrected chi connectivity index (χ0v) is 17.1. The van der Waals surface area contributed by atoms with Crippen LogP contribution in [0.1, 0.15) is 11.1 Å². The highest BCUT2D eigenvalue weighted by Gasteiger charge is 2.12. The van der Waals surface area contributed by atoms with Crippen LogP contribution in [0.3, 0.4) is 0 Å². The molecule has 0 unspecified atom stereocenters. The molecule has 1 aromatic heterocycles. The van der Waals surface area contributed by atoms with Crippen molar-refractivity contribution in [1.29, 1.82) is 0 Å². The van der Waals surface area contributed by atoms with Crippen LogP contribution in [0.4, 0.5) is 25.1 Å². The molecule has 0 spiro atoms. The number of hydrogen-bond acceptors (Lipinski definition) is 4. The summed E-state index contributed by atoms with van der Waals surface area (Å²) in [5, 5.41) is 13.1. The summed E-state index contributed by atoms with van der Waals surface area (Å²) >= 11 is 0. The number of hydrogen-bond donors (Lipinski definition) is 3. The number of urea groups is 1. The van der Waals surface area contributed by atoms with Crippen LogP contribution in [0.5, 0.6) is 11.5 Å². The van der Waals surface area contributed by atoms with Gasteiger partial charge in [0.25, 0.3) is 0 Å². The molecule has 4 aromatic rings. The number of ether oxygens (including phenoxy) is 2. The van der Waals surface area contributed by atoms with E-state index in [-0.39, 0.29) is 12.4 Å². The van der Waals surface area contributed by atoms with Gasteiger partial charge in [0.2, 0.25) is 0 Å². The van der Waals surface area contributed by atoms with E-state index in [0.29, 0.717) is 33.7 Å². The number of halogens is 2. The van der Waals surface area contributed by atoms with Gasteiger partial charge in [-0.1, -0.05) is 35.9 Å². The molecule has 7 nitrogen and oxygen atoms in total. The average molecular weight is 438 g/mol. The Hall–Kier alpha value is -4.14. The first-order chi connectivity index (χ1) is 15.5. The average Bonchev–Trinajstić information content (AvgIpc) is 3.16. The van der Waals surface area contributed by atoms with Crippen LogP contribution in [0.2, 0.25) is 0 Å². The molecular weight excluding hydrogens is 418 g/mol. The van der Waals surface area contributed by atoms with Crippen LogP contribution >= 0.6 is 0 Å². The van der Waals surface area contributed by atoms with Gasteiger partial charge in [0.15, 0.2) is 5.82 Å². The molecule has 0 aliphatic rings. The number of H-pyrrole nitrogens is 1. The second-order valence-corrected chi connectivity index (χ2v) is 7.00. The molecule has 0 bridgehead atoms. The van der Waals surface area contributed by atoms with Crippen LogP contribution < -0.4 is 20.1 Å². The lowest BCUT2D eigenvalue weighted by Crippen LogP contribution is -2.19. The number of benzene rings is 3. The van der Waals surface area contributed by atoms with Crippen molar-refractivity contribution in [2.45, 2.75) is 20.1 Å². The molecule has 4 rings (SSSR count). The van der Waals surface area contributed by atoms with Gasteiger partial charge in [0.1, 0.15) is 18.1 Å². The van der Waals surface area contributed by atoms with Crippen LogP contribution in [0.25, 0.3) is 10.9 Å². The van der Waals surface area contributed by atoms with Crippen LogP contribution in [0, 0.1) is 6.92 Å². The third kappa shape index (κ3) is 5.12. The summed E-state index contributed by atoms with van der Waals surface area (Å²) in [7, 11) is 0. The SMILES string of the molecule is Cc1ccc(NC(=O)Nc2n[nH]c3ccc(OCc4ccccc4OC(F)F)cc23)cc1. The highest BCUT2D eigenvalue weighted by Crippen LogP contribution is 2.27. The van der Waals surface area contributed by atoms with E-state index in [4.69, 9.17) is 4.74 Å². The maximum atomic E-state index is 12.6. The molecule has 3 N–H and O–H groups in total. The minimum atomic E-state index is -2.92. The summed E-state index contributed by atoms with van der Waals surface area (Å²) in [4.78, 5) is 12.3. The molecular formula is C23H20F2N4O3. The predicted molar refractivity (Wildman–Crippen MR) is 117 cm³/mol. The van der Waals surface area contributed by atoms with Crippen LogP contribution in [-0.4, -0.2) is 22.8 Å². The molecule has 164 valence electrons. The van der Waals surface area contributed by atoms with Crippen molar-refractivity contribution in [3.8, 4) is 11.5 Å². The van der Waals surface area contributed by atoms with Gasteiger partial charge >= 0.3 is 12.6 Å². The number of fused-ring (bicyclic) bond motifs is 1. The number of para-hydroxylation sites is 1. The van der Waals surface area contributed by atoms with Crippen molar-refractivity contribution in [1.82, 2.24) is 10.2 Å². The Morgan fingerprint density at radius 3 is 2.62 bits per heavy atom. The zero-order chi connectivity index (χ0) is 22.5. The fraction of sp³-hybridized carbons (Fsp3) is 0.130. The number of carbonyl (C=O) groups excluding carboxylic acids is 1. The highest BCUT2D eigenvalue weighted by atomic mass is 19.3. The Balaban J connectivity index is 1.46. The second kappa shape index (κ2) is 9.34. The molecule has 0 saturated heterocycles. The van der Waals surface area contributed by atoms with E-state index in [1.807, 2.05) is 19.1 Å². The van der Waals surface area contributed by atoms with E-state index in [2.05, 4.69) is 25.6 Å². The molecule has 2 amide bonds. The van der Waals surface area contributed by atoms with Crippen molar-refractivity contribution in [3.63, 3.8) is 0 Å². The lowest BCUT2D eigenvalue weighted by atomic mass is 10.2. The Kier molecular flexibility index (Phi) is 6.16. The molecule has 0 atom stereocenters. The summed E-state index contributed by atoms with van der Waals surface area (Å²) in [6.07, 6.45) is 0. The molecule has 9 heteroatoms. The highest BCUT2D eigenvalue weighted by molar-refractivity contribution is 6.04. The van der Waals surface area contributed by atoms with E-state index in [0.717, 1.165) is 5.56 Å². The lowest BCUT2D eigenvalue weighted by Gasteiger charge is -2.12. The minimum Gasteiger partial charge on any atom is -0.489 e. The number of aromatic nitrogens is 2. The number of nitrogens with zero attached hydrogens (tertiary/aromatic N) is 1. The topological polar surface area (TPSA) is 88.3 Å². The number of amides is 2. The molecule has 0 fully saturated rings. The summed E-state index contributed by atoms with van der Waals surface area (Å²) in [6.45, 7) is -0.926. The lowest BCUT2D eigenvalue weighted by molar-refractivity contribution is -0.0508. The quantitative estimate of drug-likeness (QED) is 0.346. The predicted octanol–water partition coefficient (Wildman–Crippen LogP) is 5.70. The number of nitrogens with one attached hydrogen (secondary N) is 3. The molecule has 0 aliphatic heterocycles. The zero-order valence-electron chi connectivity index (χ0n) is 17.1. The second-order valence-electron chi connectivity index (χ2n) is 7.00. The summed E-state index contributed by atoms with van der Waals surface area (Å²) < 4.78 is 35.5. The van der Waals surface area contributed by atoms with Gasteiger partial charge < -0.3 is 14.8 Å². The number of anilines is 2. The number of aromatic amines is 1. The summed E-state index contributed by atoms with van der Waals surface area (Å²) in [5.74, 6) is 0.867. The van der Waals surface area contributed by atoms with Crippen molar-refractivity contribution in [2.75, 3.05) is 10.6 Å². The van der Waals surface area contributed by atoms with E-state index >= 15 is 0 Å². The van der Waals surface area contributed by atoms with Gasteiger partial charge in [-0.2, -0.15) is 13.9 Å². The number of rotatable bonds is 7. The van der Waals surface area contributed by atoms with Gasteiger partial charge in [0, 0.05) is 16.6 Å². The van der Waals surface area contributed by atoms with Gasteiger partial charge in [-0.3, -0.25) is 10.4 Å². The van der Waals surface area contributed by atoms with Gasteiger partial charge in [-0.05, 0) is 43.3 Å². The Labute approximate surface area is 182 Å². The van der Waals surface area contributed by atoms with Crippen molar-refractivity contribution < 1.29 is 23.0 Å². The normalized spacial score (nSPS) is 10.9. The van der Waals surface area contributed by atoms with Gasteiger partial charge in [-0.25, -0.2) is 4.79 Å². The third-order valence-electron chi connectivity index (χ3n) is 4.66. The van der Waals surface area contributed by atoms with E-state index in [1.54, 1.807) is 48.5 Å². The third-order valence-corrected chi connectivity index (χ3v) is 4.66. The van der Waals surface area contributed by atoms with Crippen LogP contribution in [0.15, 0.2) is 66.7 Å². The Morgan fingerprint density at radius 2 is 1.84 bits per heavy atom. The fourth-order valence-corrected chi connectivity index (χ4v) is 3.08. The standard InChI is InChI=1S/C23H20F2N4O3/c1-14-6-8-16(9-7-14)26-23(30)27-21-18-12-17(10-11-19(18)28-29-21)31-13-15-4-2-3-5-20(15)32-22(24)25/h2-12,22H,13H2,1H3,(H3,26,27,28,29,30). The van der Waals surface area contributed by atoms with Crippen molar-refractivity contribution in [3.05, 3.63) is 77.9 Å². The number of aryl methyl sites for hydroxylation is 1. The van der Waals surface area contributed by atoms with Crippen molar-refractivity contribution >= 4 is 28.4 Å². The molecule has 3 aromatic carbocycles. The minimum absolute atomic E-state index is 0.0307. The van der Waals surface area contributed by atoms with Gasteiger partial charge in [0.05, 0.1) is 5.52 Å². The summed E-state index contributed by atoms with van der Waals surface area (Å²) in [6, 6.07) is 18.6. The first-order valence-corrected chi connectivity index (χ1v) is 9.76. The van der Waals surface area contributed by atoms with Crippen molar-refractivity contribution in [2.24, 2.45) is 0 Å². The Morgan fingerprint density at radius 1 is 1.06 bits per heavy atom. The maximum Gasteiger partial charge on any atom is 0.387 e. The molecule has 0 radical (unpaired) electrons. The smallest absolute Gasteiger partial charge is 0.387 e. The molecule has 32 heavy (non-hydrogen) atoms. The Bertz CT molecular complexity index is 1230. The fourth-order valence-electron chi connectivity index (χ4n) is 3.08. The monoisotopic (exact) mass is 438 g/mol. The molecule has 0 aliphatic carbocycles. The molecule has 0 saturated carbocycles. The van der Waals surface area contributed by atoms with E-state index < -0.39 is 12.6 Å².